The minimum absolute atomic E-state index is 0.00233. The first kappa shape index (κ1) is 14.0. The fourth-order valence-corrected chi connectivity index (χ4v) is 5.41. The second-order valence-electron chi connectivity index (χ2n) is 5.73. The number of nitrogens with zero attached hydrogens (tertiary/aromatic N) is 2. The molecule has 2 bridgehead atoms. The summed E-state index contributed by atoms with van der Waals surface area (Å²) in [5.41, 5.74) is 0.806. The van der Waals surface area contributed by atoms with E-state index in [-0.39, 0.29) is 23.9 Å². The Morgan fingerprint density at radius 2 is 1.95 bits per heavy atom. The van der Waals surface area contributed by atoms with E-state index < -0.39 is 10.0 Å². The van der Waals surface area contributed by atoms with Gasteiger partial charge in [0.1, 0.15) is 0 Å². The minimum atomic E-state index is -3.26. The van der Waals surface area contributed by atoms with Gasteiger partial charge in [-0.25, -0.2) is 8.42 Å². The Morgan fingerprint density at radius 3 is 2.55 bits per heavy atom. The highest BCUT2D eigenvalue weighted by Gasteiger charge is 2.45. The van der Waals surface area contributed by atoms with Crippen molar-refractivity contribution in [2.75, 3.05) is 5.75 Å². The van der Waals surface area contributed by atoms with Crippen LogP contribution >= 0.6 is 0 Å². The lowest BCUT2D eigenvalue weighted by Crippen LogP contribution is -2.48. The van der Waals surface area contributed by atoms with E-state index in [0.717, 1.165) is 18.5 Å². The van der Waals surface area contributed by atoms with Crippen LogP contribution in [0.5, 0.6) is 0 Å². The van der Waals surface area contributed by atoms with Crippen molar-refractivity contribution in [2.24, 2.45) is 0 Å². The molecule has 1 aromatic heterocycles. The maximum absolute atomic E-state index is 12.5. The van der Waals surface area contributed by atoms with Gasteiger partial charge in [0.2, 0.25) is 10.0 Å². The smallest absolute Gasteiger partial charge is 0.214 e. The van der Waals surface area contributed by atoms with Gasteiger partial charge in [-0.3, -0.25) is 4.98 Å². The van der Waals surface area contributed by atoms with Crippen LogP contribution in [0.15, 0.2) is 24.4 Å². The van der Waals surface area contributed by atoms with Crippen molar-refractivity contribution >= 4 is 10.0 Å². The van der Waals surface area contributed by atoms with Gasteiger partial charge in [-0.1, -0.05) is 6.07 Å². The van der Waals surface area contributed by atoms with Gasteiger partial charge in [-0.15, -0.1) is 0 Å². The van der Waals surface area contributed by atoms with Crippen LogP contribution in [0.2, 0.25) is 0 Å². The number of aromatic nitrogens is 1. The number of aliphatic hydroxyl groups excluding tert-OH is 1. The van der Waals surface area contributed by atoms with Gasteiger partial charge in [0.15, 0.2) is 0 Å². The van der Waals surface area contributed by atoms with E-state index in [1.807, 2.05) is 18.2 Å². The zero-order valence-corrected chi connectivity index (χ0v) is 12.2. The second-order valence-corrected chi connectivity index (χ2v) is 7.72. The van der Waals surface area contributed by atoms with Crippen molar-refractivity contribution in [1.29, 1.82) is 0 Å². The summed E-state index contributed by atoms with van der Waals surface area (Å²) in [7, 11) is -3.26. The summed E-state index contributed by atoms with van der Waals surface area (Å²) >= 11 is 0. The first-order valence-corrected chi connectivity index (χ1v) is 8.76. The van der Waals surface area contributed by atoms with Crippen molar-refractivity contribution < 1.29 is 13.5 Å². The molecule has 2 aliphatic rings. The molecule has 2 saturated heterocycles. The van der Waals surface area contributed by atoms with Crippen LogP contribution in [0.1, 0.15) is 31.4 Å². The molecule has 110 valence electrons. The fourth-order valence-electron chi connectivity index (χ4n) is 3.44. The third-order valence-electron chi connectivity index (χ3n) is 4.30. The van der Waals surface area contributed by atoms with Crippen LogP contribution in [0, 0.1) is 0 Å². The van der Waals surface area contributed by atoms with Gasteiger partial charge in [-0.05, 0) is 37.8 Å². The number of aryl methyl sites for hydroxylation is 1. The molecule has 6 heteroatoms. The summed E-state index contributed by atoms with van der Waals surface area (Å²) in [4.78, 5) is 4.17. The highest BCUT2D eigenvalue weighted by Crippen LogP contribution is 2.37. The van der Waals surface area contributed by atoms with Crippen LogP contribution in [-0.4, -0.2) is 46.8 Å². The number of rotatable bonds is 4. The third-order valence-corrected chi connectivity index (χ3v) is 6.26. The van der Waals surface area contributed by atoms with Gasteiger partial charge in [0.05, 0.1) is 11.9 Å². The molecule has 0 radical (unpaired) electrons. The Labute approximate surface area is 119 Å². The molecule has 3 rings (SSSR count). The molecule has 0 amide bonds. The molecule has 0 spiro atoms. The largest absolute Gasteiger partial charge is 0.393 e. The summed E-state index contributed by atoms with van der Waals surface area (Å²) in [5.74, 6) is 0.104. The predicted octanol–water partition coefficient (Wildman–Crippen LogP) is 0.942. The number of fused-ring (bicyclic) bond motifs is 2. The SMILES string of the molecule is O=S(=O)(CCc1ccccn1)N1C2CCC1CC(O)C2. The average Bonchev–Trinajstić information content (AvgIpc) is 2.72. The number of hydrogen-bond acceptors (Lipinski definition) is 4. The van der Waals surface area contributed by atoms with Crippen LogP contribution in [-0.2, 0) is 16.4 Å². The van der Waals surface area contributed by atoms with Gasteiger partial charge in [-0.2, -0.15) is 4.31 Å². The molecule has 2 atom stereocenters. The lowest BCUT2D eigenvalue weighted by atomic mass is 10.0. The van der Waals surface area contributed by atoms with Gasteiger partial charge in [0.25, 0.3) is 0 Å². The number of sulfonamides is 1. The van der Waals surface area contributed by atoms with Crippen LogP contribution < -0.4 is 0 Å². The average molecular weight is 296 g/mol. The first-order chi connectivity index (χ1) is 9.56. The Bertz CT molecular complexity index is 547. The topological polar surface area (TPSA) is 70.5 Å². The highest BCUT2D eigenvalue weighted by atomic mass is 32.2. The highest BCUT2D eigenvalue weighted by molar-refractivity contribution is 7.89. The van der Waals surface area contributed by atoms with Gasteiger partial charge < -0.3 is 5.11 Å². The quantitative estimate of drug-likeness (QED) is 0.898. The number of pyridine rings is 1. The van der Waals surface area contributed by atoms with E-state index in [1.165, 1.54) is 0 Å². The molecule has 3 heterocycles. The summed E-state index contributed by atoms with van der Waals surface area (Å²) in [5, 5.41) is 9.75. The maximum Gasteiger partial charge on any atom is 0.214 e. The molecule has 2 aliphatic heterocycles. The molecule has 0 saturated carbocycles. The molecule has 0 aromatic carbocycles. The van der Waals surface area contributed by atoms with Crippen LogP contribution in [0.3, 0.4) is 0 Å². The van der Waals surface area contributed by atoms with Crippen molar-refractivity contribution in [1.82, 2.24) is 9.29 Å². The predicted molar refractivity (Wildman–Crippen MR) is 75.6 cm³/mol. The van der Waals surface area contributed by atoms with Crippen LogP contribution in [0.4, 0.5) is 0 Å². The zero-order valence-electron chi connectivity index (χ0n) is 11.4. The molecular formula is C14H20N2O3S. The molecule has 0 aliphatic carbocycles. The molecule has 5 nitrogen and oxygen atoms in total. The Morgan fingerprint density at radius 1 is 1.25 bits per heavy atom. The van der Waals surface area contributed by atoms with E-state index in [1.54, 1.807) is 10.5 Å². The zero-order chi connectivity index (χ0) is 14.2. The van der Waals surface area contributed by atoms with E-state index in [2.05, 4.69) is 4.98 Å². The van der Waals surface area contributed by atoms with E-state index in [0.29, 0.717) is 19.3 Å². The maximum atomic E-state index is 12.5. The molecule has 1 aromatic rings. The third kappa shape index (κ3) is 2.73. The second kappa shape index (κ2) is 5.42. The molecule has 20 heavy (non-hydrogen) atoms. The number of hydrogen-bond donors (Lipinski definition) is 1. The molecule has 1 N–H and O–H groups in total. The Balaban J connectivity index is 1.70. The summed E-state index contributed by atoms with van der Waals surface area (Å²) in [6, 6.07) is 5.54. The lowest BCUT2D eigenvalue weighted by Gasteiger charge is -2.36. The van der Waals surface area contributed by atoms with Gasteiger partial charge in [0, 0.05) is 30.4 Å². The fraction of sp³-hybridized carbons (Fsp3) is 0.643. The van der Waals surface area contributed by atoms with Crippen molar-refractivity contribution in [2.45, 2.75) is 50.3 Å². The van der Waals surface area contributed by atoms with Crippen molar-refractivity contribution in [3.63, 3.8) is 0 Å². The summed E-state index contributed by atoms with van der Waals surface area (Å²) < 4.78 is 26.8. The summed E-state index contributed by atoms with van der Waals surface area (Å²) in [6.45, 7) is 0. The molecule has 2 unspecified atom stereocenters. The Hall–Kier alpha value is -0.980. The normalized spacial score (nSPS) is 30.6. The monoisotopic (exact) mass is 296 g/mol. The molecule has 2 fully saturated rings. The number of aliphatic hydroxyl groups is 1. The Kier molecular flexibility index (Phi) is 3.79. The first-order valence-electron chi connectivity index (χ1n) is 7.15. The summed E-state index contributed by atoms with van der Waals surface area (Å²) in [6.07, 6.45) is 4.72. The van der Waals surface area contributed by atoms with E-state index in [4.69, 9.17) is 0 Å². The van der Waals surface area contributed by atoms with Crippen LogP contribution in [0.25, 0.3) is 0 Å². The van der Waals surface area contributed by atoms with Crippen molar-refractivity contribution in [3.8, 4) is 0 Å². The van der Waals surface area contributed by atoms with E-state index >= 15 is 0 Å². The van der Waals surface area contributed by atoms with Crippen molar-refractivity contribution in [3.05, 3.63) is 30.1 Å². The number of piperidine rings is 1. The lowest BCUT2D eigenvalue weighted by molar-refractivity contribution is 0.0769. The molecular weight excluding hydrogens is 276 g/mol. The van der Waals surface area contributed by atoms with E-state index in [9.17, 15) is 13.5 Å². The standard InChI is InChI=1S/C14H20N2O3S/c17-14-9-12-4-5-13(10-14)16(12)20(18,19)8-6-11-3-1-2-7-15-11/h1-3,7,12-14,17H,4-6,8-10H2. The van der Waals surface area contributed by atoms with Gasteiger partial charge >= 0.3 is 0 Å². The minimum Gasteiger partial charge on any atom is -0.393 e.